The molecule has 2 aromatic carbocycles. The Kier molecular flexibility index (Phi) is 4.58. The van der Waals surface area contributed by atoms with Crippen molar-refractivity contribution in [1.82, 2.24) is 0 Å². The van der Waals surface area contributed by atoms with Gasteiger partial charge in [-0.2, -0.15) is 0 Å². The van der Waals surface area contributed by atoms with Gasteiger partial charge in [-0.05, 0) is 48.9 Å². The van der Waals surface area contributed by atoms with Gasteiger partial charge in [-0.1, -0.05) is 11.6 Å². The van der Waals surface area contributed by atoms with E-state index in [-0.39, 0.29) is 11.5 Å². The minimum absolute atomic E-state index is 0.125. The molecule has 0 saturated heterocycles. The van der Waals surface area contributed by atoms with E-state index < -0.39 is 15.5 Å². The van der Waals surface area contributed by atoms with Crippen molar-refractivity contribution in [1.29, 1.82) is 0 Å². The molecule has 1 heterocycles. The van der Waals surface area contributed by atoms with E-state index in [0.717, 1.165) is 11.8 Å². The molecule has 7 heteroatoms. The summed E-state index contributed by atoms with van der Waals surface area (Å²) >= 11 is 6.16. The Morgan fingerprint density at radius 2 is 1.80 bits per heavy atom. The molecule has 0 bridgehead atoms. The molecular weight excluding hydrogens is 364 g/mol. The zero-order valence-corrected chi connectivity index (χ0v) is 15.1. The third kappa shape index (κ3) is 3.86. The Hall–Kier alpha value is -2.31. The van der Waals surface area contributed by atoms with Crippen molar-refractivity contribution >= 4 is 32.4 Å². The molecule has 0 N–H and O–H groups in total. The van der Waals surface area contributed by atoms with Crippen LogP contribution in [-0.2, 0) is 16.4 Å². The van der Waals surface area contributed by atoms with Gasteiger partial charge in [0.2, 0.25) is 0 Å². The van der Waals surface area contributed by atoms with Gasteiger partial charge in [0, 0.05) is 28.3 Å². The van der Waals surface area contributed by atoms with Gasteiger partial charge in [0.05, 0.1) is 4.90 Å². The van der Waals surface area contributed by atoms with Gasteiger partial charge < -0.3 is 9.15 Å². The molecule has 3 aromatic rings. The molecule has 0 amide bonds. The Bertz CT molecular complexity index is 1100. The Morgan fingerprint density at radius 3 is 2.44 bits per heavy atom. The molecule has 3 rings (SSSR count). The summed E-state index contributed by atoms with van der Waals surface area (Å²) in [6.07, 6.45) is 1.14. The second-order valence-corrected chi connectivity index (χ2v) is 8.14. The van der Waals surface area contributed by atoms with Gasteiger partial charge in [0.1, 0.15) is 17.9 Å². The van der Waals surface area contributed by atoms with E-state index >= 15 is 0 Å². The van der Waals surface area contributed by atoms with Crippen molar-refractivity contribution in [3.8, 4) is 5.75 Å². The van der Waals surface area contributed by atoms with Gasteiger partial charge in [-0.3, -0.25) is 0 Å². The van der Waals surface area contributed by atoms with Crippen LogP contribution in [0.4, 0.5) is 0 Å². The minimum Gasteiger partial charge on any atom is -0.489 e. The van der Waals surface area contributed by atoms with Gasteiger partial charge >= 0.3 is 5.63 Å². The van der Waals surface area contributed by atoms with Crippen LogP contribution < -0.4 is 10.4 Å². The summed E-state index contributed by atoms with van der Waals surface area (Å²) in [5.41, 5.74) is 1.42. The topological polar surface area (TPSA) is 73.6 Å². The van der Waals surface area contributed by atoms with E-state index in [1.807, 2.05) is 6.92 Å². The number of rotatable bonds is 4. The van der Waals surface area contributed by atoms with Crippen LogP contribution in [0.2, 0.25) is 5.02 Å². The molecule has 0 radical (unpaired) electrons. The molecule has 0 unspecified atom stereocenters. The molecule has 25 heavy (non-hydrogen) atoms. The largest absolute Gasteiger partial charge is 0.489 e. The average Bonchev–Trinajstić information content (AvgIpc) is 2.54. The number of halogens is 1. The number of aryl methyl sites for hydroxylation is 1. The van der Waals surface area contributed by atoms with Gasteiger partial charge in [0.15, 0.2) is 9.84 Å². The summed E-state index contributed by atoms with van der Waals surface area (Å²) in [4.78, 5) is 12.0. The lowest BCUT2D eigenvalue weighted by Gasteiger charge is -2.10. The maximum absolute atomic E-state index is 11.7. The maximum Gasteiger partial charge on any atom is 0.336 e. The molecule has 130 valence electrons. The summed E-state index contributed by atoms with van der Waals surface area (Å²) < 4.78 is 33.8. The minimum atomic E-state index is -3.25. The molecule has 5 nitrogen and oxygen atoms in total. The van der Waals surface area contributed by atoms with Crippen LogP contribution >= 0.6 is 11.6 Å². The van der Waals surface area contributed by atoms with Crippen LogP contribution in [0.5, 0.6) is 5.75 Å². The monoisotopic (exact) mass is 378 g/mol. The van der Waals surface area contributed by atoms with Crippen molar-refractivity contribution < 1.29 is 17.6 Å². The first-order valence-electron chi connectivity index (χ1n) is 7.40. The molecule has 0 aliphatic rings. The highest BCUT2D eigenvalue weighted by atomic mass is 35.5. The summed E-state index contributed by atoms with van der Waals surface area (Å²) in [5, 5.41) is 1.27. The first-order valence-corrected chi connectivity index (χ1v) is 9.67. The van der Waals surface area contributed by atoms with E-state index in [2.05, 4.69) is 0 Å². The number of sulfone groups is 1. The summed E-state index contributed by atoms with van der Waals surface area (Å²) in [7, 11) is -3.25. The van der Waals surface area contributed by atoms with Crippen LogP contribution in [0, 0.1) is 6.92 Å². The predicted molar refractivity (Wildman–Crippen MR) is 96.1 cm³/mol. The molecule has 0 aliphatic carbocycles. The van der Waals surface area contributed by atoms with Crippen molar-refractivity contribution in [2.45, 2.75) is 18.4 Å². The molecule has 0 fully saturated rings. The highest BCUT2D eigenvalue weighted by molar-refractivity contribution is 7.90. The summed E-state index contributed by atoms with van der Waals surface area (Å²) in [6.45, 7) is 1.95. The number of fused-ring (bicyclic) bond motifs is 1. The lowest BCUT2D eigenvalue weighted by Crippen LogP contribution is -2.04. The first kappa shape index (κ1) is 17.5. The van der Waals surface area contributed by atoms with E-state index in [4.69, 9.17) is 20.8 Å². The van der Waals surface area contributed by atoms with Gasteiger partial charge in [-0.25, -0.2) is 13.2 Å². The Balaban J connectivity index is 1.91. The van der Waals surface area contributed by atoms with Crippen LogP contribution in [0.1, 0.15) is 11.1 Å². The number of benzene rings is 2. The number of ether oxygens (including phenoxy) is 1. The SMILES string of the molecule is Cc1cc2oc(=O)cc(COc3ccc(S(C)(=O)=O)cc3)c2cc1Cl. The predicted octanol–water partition coefficient (Wildman–Crippen LogP) is 3.74. The lowest BCUT2D eigenvalue weighted by atomic mass is 10.1. The molecule has 0 saturated carbocycles. The van der Waals surface area contributed by atoms with Crippen LogP contribution in [0.15, 0.2) is 56.6 Å². The van der Waals surface area contributed by atoms with Crippen molar-refractivity contribution in [2.24, 2.45) is 0 Å². The quantitative estimate of drug-likeness (QED) is 0.646. The second-order valence-electron chi connectivity index (χ2n) is 5.72. The fraction of sp³-hybridized carbons (Fsp3) is 0.167. The highest BCUT2D eigenvalue weighted by Gasteiger charge is 2.10. The molecule has 1 aromatic heterocycles. The van der Waals surface area contributed by atoms with E-state index in [0.29, 0.717) is 27.3 Å². The van der Waals surface area contributed by atoms with E-state index in [9.17, 15) is 13.2 Å². The third-order valence-electron chi connectivity index (χ3n) is 3.76. The standard InChI is InChI=1S/C18H15ClO5S/c1-11-7-17-15(9-16(11)19)12(8-18(20)24-17)10-23-13-3-5-14(6-4-13)25(2,21)22/h3-9H,10H2,1-2H3. The second kappa shape index (κ2) is 6.54. The van der Waals surface area contributed by atoms with E-state index in [1.165, 1.54) is 18.2 Å². The summed E-state index contributed by atoms with van der Waals surface area (Å²) in [5.74, 6) is 0.493. The normalized spacial score (nSPS) is 11.6. The van der Waals surface area contributed by atoms with Crippen molar-refractivity contribution in [2.75, 3.05) is 6.26 Å². The average molecular weight is 379 g/mol. The fourth-order valence-electron chi connectivity index (χ4n) is 2.41. The lowest BCUT2D eigenvalue weighted by molar-refractivity contribution is 0.306. The molecule has 0 aliphatic heterocycles. The van der Waals surface area contributed by atoms with E-state index in [1.54, 1.807) is 24.3 Å². The van der Waals surface area contributed by atoms with Crippen LogP contribution in [0.25, 0.3) is 11.0 Å². The first-order chi connectivity index (χ1) is 11.7. The Morgan fingerprint density at radius 1 is 1.12 bits per heavy atom. The Labute approximate surface area is 149 Å². The van der Waals surface area contributed by atoms with Gasteiger partial charge in [-0.15, -0.1) is 0 Å². The highest BCUT2D eigenvalue weighted by Crippen LogP contribution is 2.26. The van der Waals surface area contributed by atoms with Crippen molar-refractivity contribution in [3.63, 3.8) is 0 Å². The maximum atomic E-state index is 11.7. The molecule has 0 spiro atoms. The fourth-order valence-corrected chi connectivity index (χ4v) is 3.21. The van der Waals surface area contributed by atoms with Crippen molar-refractivity contribution in [3.05, 3.63) is 69.0 Å². The smallest absolute Gasteiger partial charge is 0.336 e. The zero-order valence-electron chi connectivity index (χ0n) is 13.6. The van der Waals surface area contributed by atoms with Gasteiger partial charge in [0.25, 0.3) is 0 Å². The summed E-state index contributed by atoms with van der Waals surface area (Å²) in [6, 6.07) is 10.9. The third-order valence-corrected chi connectivity index (χ3v) is 5.29. The molecule has 0 atom stereocenters. The molecular formula is C18H15ClO5S. The van der Waals surface area contributed by atoms with Crippen LogP contribution in [0.3, 0.4) is 0 Å². The zero-order chi connectivity index (χ0) is 18.2. The number of hydrogen-bond acceptors (Lipinski definition) is 5. The number of hydrogen-bond donors (Lipinski definition) is 0. The van der Waals surface area contributed by atoms with Crippen LogP contribution in [-0.4, -0.2) is 14.7 Å².